The lowest BCUT2D eigenvalue weighted by atomic mass is 9.98. The Hall–Kier alpha value is -2.44. The van der Waals surface area contributed by atoms with Crippen molar-refractivity contribution in [2.75, 3.05) is 33.4 Å². The number of piperidine rings is 1. The maximum absolute atomic E-state index is 12.7. The molecule has 1 aliphatic rings. The highest BCUT2D eigenvalue weighted by Crippen LogP contribution is 2.20. The summed E-state index contributed by atoms with van der Waals surface area (Å²) in [6.45, 7) is 6.81. The van der Waals surface area contributed by atoms with Gasteiger partial charge in [-0.15, -0.1) is 0 Å². The summed E-state index contributed by atoms with van der Waals surface area (Å²) < 4.78 is 10.6. The Kier molecular flexibility index (Phi) is 8.02. The molecule has 1 amide bonds. The average molecular weight is 398 g/mol. The molecule has 0 bridgehead atoms. The molecular formula is C23H31N3O3. The Morgan fingerprint density at radius 1 is 1.14 bits per heavy atom. The Balaban J connectivity index is 1.61. The van der Waals surface area contributed by atoms with Crippen LogP contribution in [0.15, 0.2) is 42.6 Å². The molecule has 1 N–H and O–H groups in total. The highest BCUT2D eigenvalue weighted by atomic mass is 16.5. The summed E-state index contributed by atoms with van der Waals surface area (Å²) in [4.78, 5) is 19.4. The lowest BCUT2D eigenvalue weighted by Crippen LogP contribution is -2.33. The van der Waals surface area contributed by atoms with Gasteiger partial charge in [0.05, 0.1) is 6.61 Å². The van der Waals surface area contributed by atoms with Gasteiger partial charge in [0.15, 0.2) is 0 Å². The summed E-state index contributed by atoms with van der Waals surface area (Å²) in [7, 11) is 1.61. The predicted octanol–water partition coefficient (Wildman–Crippen LogP) is 3.27. The predicted molar refractivity (Wildman–Crippen MR) is 113 cm³/mol. The molecule has 2 heterocycles. The standard InChI is InChI=1S/C23H31N3O3/c1-18-9-12-26(13-10-18)17-20-7-4-3-6-19(20)16-25-22(27)21-8-5-11-24-23(21)29-15-14-28-2/h3-8,11,18H,9-10,12-17H2,1-2H3,(H,25,27). The molecule has 0 aliphatic carbocycles. The van der Waals surface area contributed by atoms with Crippen LogP contribution in [-0.2, 0) is 17.8 Å². The van der Waals surface area contributed by atoms with Gasteiger partial charge in [-0.05, 0) is 55.1 Å². The lowest BCUT2D eigenvalue weighted by molar-refractivity contribution is 0.0941. The number of benzene rings is 1. The zero-order valence-corrected chi connectivity index (χ0v) is 17.4. The van der Waals surface area contributed by atoms with Crippen LogP contribution in [0.25, 0.3) is 0 Å². The first kappa shape index (κ1) is 21.3. The number of amides is 1. The van der Waals surface area contributed by atoms with Crippen LogP contribution in [0, 0.1) is 5.92 Å². The van der Waals surface area contributed by atoms with Crippen LogP contribution < -0.4 is 10.1 Å². The smallest absolute Gasteiger partial charge is 0.257 e. The number of hydrogen-bond acceptors (Lipinski definition) is 5. The molecule has 0 atom stereocenters. The summed E-state index contributed by atoms with van der Waals surface area (Å²) in [5.41, 5.74) is 2.85. The van der Waals surface area contributed by atoms with Crippen LogP contribution >= 0.6 is 0 Å². The van der Waals surface area contributed by atoms with Gasteiger partial charge in [-0.1, -0.05) is 31.2 Å². The number of pyridine rings is 1. The van der Waals surface area contributed by atoms with Crippen molar-refractivity contribution >= 4 is 5.91 Å². The quantitative estimate of drug-likeness (QED) is 0.658. The summed E-state index contributed by atoms with van der Waals surface area (Å²) >= 11 is 0. The number of nitrogens with zero attached hydrogens (tertiary/aromatic N) is 2. The zero-order valence-electron chi connectivity index (χ0n) is 17.4. The fraction of sp³-hybridized carbons (Fsp3) is 0.478. The van der Waals surface area contributed by atoms with Crippen LogP contribution in [0.2, 0.25) is 0 Å². The van der Waals surface area contributed by atoms with Gasteiger partial charge in [0.25, 0.3) is 5.91 Å². The minimum atomic E-state index is -0.188. The molecule has 1 aromatic carbocycles. The summed E-state index contributed by atoms with van der Waals surface area (Å²) in [5, 5.41) is 3.02. The van der Waals surface area contributed by atoms with Gasteiger partial charge in [0.2, 0.25) is 5.88 Å². The Bertz CT molecular complexity index is 788. The van der Waals surface area contributed by atoms with E-state index >= 15 is 0 Å². The van der Waals surface area contributed by atoms with Gasteiger partial charge in [-0.3, -0.25) is 9.69 Å². The number of carbonyl (C=O) groups is 1. The summed E-state index contributed by atoms with van der Waals surface area (Å²) in [6, 6.07) is 11.8. The Labute approximate surface area is 173 Å². The molecule has 6 nitrogen and oxygen atoms in total. The normalized spacial score (nSPS) is 15.2. The van der Waals surface area contributed by atoms with E-state index < -0.39 is 0 Å². The van der Waals surface area contributed by atoms with Crippen LogP contribution in [0.5, 0.6) is 5.88 Å². The first-order valence-corrected chi connectivity index (χ1v) is 10.3. The molecule has 0 radical (unpaired) electrons. The molecule has 3 rings (SSSR count). The van der Waals surface area contributed by atoms with Gasteiger partial charge in [0, 0.05) is 26.4 Å². The second kappa shape index (κ2) is 10.9. The van der Waals surface area contributed by atoms with E-state index in [1.807, 2.05) is 6.07 Å². The molecule has 2 aromatic rings. The van der Waals surface area contributed by atoms with E-state index in [1.54, 1.807) is 25.4 Å². The van der Waals surface area contributed by atoms with Crippen molar-refractivity contribution in [3.8, 4) is 5.88 Å². The van der Waals surface area contributed by atoms with Crippen LogP contribution in [0.1, 0.15) is 41.3 Å². The molecule has 1 aromatic heterocycles. The molecule has 0 saturated carbocycles. The molecule has 29 heavy (non-hydrogen) atoms. The van der Waals surface area contributed by atoms with E-state index in [1.165, 1.54) is 18.4 Å². The van der Waals surface area contributed by atoms with Gasteiger partial charge in [-0.2, -0.15) is 0 Å². The van der Waals surface area contributed by atoms with Crippen LogP contribution in [0.3, 0.4) is 0 Å². The number of likely N-dealkylation sites (tertiary alicyclic amines) is 1. The maximum Gasteiger partial charge on any atom is 0.257 e. The summed E-state index contributed by atoms with van der Waals surface area (Å²) in [6.07, 6.45) is 4.13. The van der Waals surface area contributed by atoms with Gasteiger partial charge in [0.1, 0.15) is 12.2 Å². The number of rotatable bonds is 9. The van der Waals surface area contributed by atoms with E-state index in [9.17, 15) is 4.79 Å². The van der Waals surface area contributed by atoms with E-state index in [-0.39, 0.29) is 5.91 Å². The first-order chi connectivity index (χ1) is 14.2. The number of hydrogen-bond donors (Lipinski definition) is 1. The highest BCUT2D eigenvalue weighted by Gasteiger charge is 2.18. The summed E-state index contributed by atoms with van der Waals surface area (Å²) in [5.74, 6) is 0.963. The second-order valence-corrected chi connectivity index (χ2v) is 7.61. The van der Waals surface area contributed by atoms with Crippen LogP contribution in [0.4, 0.5) is 0 Å². The van der Waals surface area contributed by atoms with Crippen molar-refractivity contribution in [1.82, 2.24) is 15.2 Å². The number of aromatic nitrogens is 1. The number of carbonyl (C=O) groups excluding carboxylic acids is 1. The minimum Gasteiger partial charge on any atom is -0.475 e. The fourth-order valence-electron chi connectivity index (χ4n) is 3.52. The van der Waals surface area contributed by atoms with Crippen molar-refractivity contribution in [1.29, 1.82) is 0 Å². The Morgan fingerprint density at radius 3 is 2.66 bits per heavy atom. The molecule has 6 heteroatoms. The van der Waals surface area contributed by atoms with Gasteiger partial charge >= 0.3 is 0 Å². The minimum absolute atomic E-state index is 0.188. The van der Waals surface area contributed by atoms with Gasteiger partial charge in [-0.25, -0.2) is 4.98 Å². The molecule has 1 fully saturated rings. The van der Waals surface area contributed by atoms with Crippen LogP contribution in [-0.4, -0.2) is 49.2 Å². The van der Waals surface area contributed by atoms with E-state index in [4.69, 9.17) is 9.47 Å². The van der Waals surface area contributed by atoms with Crippen molar-refractivity contribution in [2.45, 2.75) is 32.9 Å². The lowest BCUT2D eigenvalue weighted by Gasteiger charge is -2.30. The average Bonchev–Trinajstić information content (AvgIpc) is 2.75. The third-order valence-corrected chi connectivity index (χ3v) is 5.37. The number of methoxy groups -OCH3 is 1. The van der Waals surface area contributed by atoms with Gasteiger partial charge < -0.3 is 14.8 Å². The van der Waals surface area contributed by atoms with E-state index in [0.717, 1.165) is 31.1 Å². The third-order valence-electron chi connectivity index (χ3n) is 5.37. The molecule has 0 unspecified atom stereocenters. The van der Waals surface area contributed by atoms with E-state index in [2.05, 4.69) is 40.3 Å². The first-order valence-electron chi connectivity index (χ1n) is 10.3. The van der Waals surface area contributed by atoms with E-state index in [0.29, 0.717) is 31.2 Å². The monoisotopic (exact) mass is 397 g/mol. The fourth-order valence-corrected chi connectivity index (χ4v) is 3.52. The number of nitrogens with one attached hydrogen (secondary N) is 1. The van der Waals surface area contributed by atoms with Crippen molar-refractivity contribution < 1.29 is 14.3 Å². The zero-order chi connectivity index (χ0) is 20.5. The van der Waals surface area contributed by atoms with Crippen molar-refractivity contribution in [3.05, 3.63) is 59.3 Å². The molecule has 156 valence electrons. The second-order valence-electron chi connectivity index (χ2n) is 7.61. The molecular weight excluding hydrogens is 366 g/mol. The highest BCUT2D eigenvalue weighted by molar-refractivity contribution is 5.96. The molecule has 0 spiro atoms. The SMILES string of the molecule is COCCOc1ncccc1C(=O)NCc1ccccc1CN1CCC(C)CC1. The molecule has 1 saturated heterocycles. The maximum atomic E-state index is 12.7. The van der Waals surface area contributed by atoms with Crippen molar-refractivity contribution in [3.63, 3.8) is 0 Å². The largest absolute Gasteiger partial charge is 0.475 e. The Morgan fingerprint density at radius 2 is 1.90 bits per heavy atom. The van der Waals surface area contributed by atoms with Crippen molar-refractivity contribution in [2.24, 2.45) is 5.92 Å². The third kappa shape index (κ3) is 6.27. The number of ether oxygens (including phenoxy) is 2. The molecule has 1 aliphatic heterocycles. The topological polar surface area (TPSA) is 63.7 Å².